The molecule has 0 saturated carbocycles. The van der Waals surface area contributed by atoms with Crippen molar-refractivity contribution >= 4 is 0 Å². The summed E-state index contributed by atoms with van der Waals surface area (Å²) < 4.78 is 25.9. The van der Waals surface area contributed by atoms with Gasteiger partial charge >= 0.3 is 0 Å². The van der Waals surface area contributed by atoms with Crippen LogP contribution in [-0.4, -0.2) is 40.9 Å². The Balaban J connectivity index is 1.30. The molecule has 0 unspecified atom stereocenters. The van der Waals surface area contributed by atoms with Gasteiger partial charge in [-0.15, -0.1) is 0 Å². The lowest BCUT2D eigenvalue weighted by Crippen LogP contribution is -2.25. The zero-order valence-corrected chi connectivity index (χ0v) is 25.1. The zero-order chi connectivity index (χ0) is 29.7. The average Bonchev–Trinajstić information content (AvgIpc) is 3.43. The van der Waals surface area contributed by atoms with Gasteiger partial charge in [-0.2, -0.15) is 0 Å². The summed E-state index contributed by atoms with van der Waals surface area (Å²) in [6, 6.07) is 33.6. The van der Waals surface area contributed by atoms with E-state index in [2.05, 4.69) is 101 Å². The van der Waals surface area contributed by atoms with Gasteiger partial charge < -0.3 is 23.5 Å². The molecule has 44 heavy (non-hydrogen) atoms. The number of aromatic nitrogens is 2. The molecule has 7 nitrogen and oxygen atoms in total. The molecule has 0 radical (unpaired) electrons. The predicted molar refractivity (Wildman–Crippen MR) is 171 cm³/mol. The van der Waals surface area contributed by atoms with E-state index in [0.717, 1.165) is 82.8 Å². The van der Waals surface area contributed by atoms with Crippen molar-refractivity contribution in [3.63, 3.8) is 0 Å². The van der Waals surface area contributed by atoms with E-state index in [1.54, 1.807) is 0 Å². The average molecular weight is 588 g/mol. The van der Waals surface area contributed by atoms with Gasteiger partial charge in [-0.1, -0.05) is 79.7 Å². The van der Waals surface area contributed by atoms with E-state index >= 15 is 0 Å². The quantitative estimate of drug-likeness (QED) is 0.170. The van der Waals surface area contributed by atoms with E-state index in [-0.39, 0.29) is 0 Å². The number of benzene rings is 4. The number of ether oxygens (including phenoxy) is 4. The van der Waals surface area contributed by atoms with E-state index in [0.29, 0.717) is 33.0 Å². The Morgan fingerprint density at radius 1 is 0.614 bits per heavy atom. The monoisotopic (exact) mass is 587 g/mol. The van der Waals surface area contributed by atoms with E-state index in [1.807, 2.05) is 12.1 Å². The summed E-state index contributed by atoms with van der Waals surface area (Å²) in [5.74, 6) is 4.22. The molecule has 2 aliphatic heterocycles. The lowest BCUT2D eigenvalue weighted by Gasteiger charge is -2.26. The summed E-state index contributed by atoms with van der Waals surface area (Å²) in [6.45, 7) is 7.53. The Bertz CT molecular complexity index is 1660. The van der Waals surface area contributed by atoms with Crippen LogP contribution in [0.1, 0.15) is 30.2 Å². The van der Waals surface area contributed by atoms with Crippen LogP contribution in [0, 0.1) is 0 Å². The van der Waals surface area contributed by atoms with Crippen LogP contribution in [0.5, 0.6) is 23.0 Å². The standard InChI is InChI=1S/C37H37N3O4/c1-2-17-40-31(36(29-9-5-3-6-10-29)38-37(40)30-11-7-4-8-12-30)26-39(24-27-13-15-32-34(22-27)43-20-18-41-32)25-28-14-16-33-35(23-28)44-21-19-42-33/h3-16,22-23H,2,17-21,24-26H2,1H3. The SMILES string of the molecule is CCCn1c(-c2ccccc2)nc(-c2ccccc2)c1CN(Cc1ccc2c(c1)OCCO2)Cc1ccc2c(c1)OCCO2. The van der Waals surface area contributed by atoms with Crippen molar-refractivity contribution in [3.05, 3.63) is 114 Å². The fourth-order valence-corrected chi connectivity index (χ4v) is 6.01. The molecule has 1 aromatic heterocycles. The van der Waals surface area contributed by atoms with Crippen LogP contribution in [-0.2, 0) is 26.2 Å². The topological polar surface area (TPSA) is 58.0 Å². The highest BCUT2D eigenvalue weighted by Gasteiger charge is 2.23. The van der Waals surface area contributed by atoms with Gasteiger partial charge in [0.1, 0.15) is 32.3 Å². The van der Waals surface area contributed by atoms with Crippen LogP contribution in [0.2, 0.25) is 0 Å². The van der Waals surface area contributed by atoms with Crippen LogP contribution < -0.4 is 18.9 Å². The summed E-state index contributed by atoms with van der Waals surface area (Å²) in [7, 11) is 0. The molecule has 0 atom stereocenters. The lowest BCUT2D eigenvalue weighted by atomic mass is 10.1. The van der Waals surface area contributed by atoms with Gasteiger partial charge in [-0.3, -0.25) is 4.90 Å². The van der Waals surface area contributed by atoms with Crippen molar-refractivity contribution in [2.75, 3.05) is 26.4 Å². The Morgan fingerprint density at radius 3 is 1.68 bits per heavy atom. The van der Waals surface area contributed by atoms with Gasteiger partial charge in [0.05, 0.1) is 11.4 Å². The molecule has 0 aliphatic carbocycles. The summed E-state index contributed by atoms with van der Waals surface area (Å²) in [4.78, 5) is 7.79. The Hall–Kier alpha value is -4.75. The predicted octanol–water partition coefficient (Wildman–Crippen LogP) is 7.37. The fraction of sp³-hybridized carbons (Fsp3) is 0.270. The summed E-state index contributed by atoms with van der Waals surface area (Å²) in [5, 5.41) is 0. The molecule has 4 aromatic carbocycles. The van der Waals surface area contributed by atoms with E-state index < -0.39 is 0 Å². The maximum atomic E-state index is 5.94. The lowest BCUT2D eigenvalue weighted by molar-refractivity contribution is 0.170. The van der Waals surface area contributed by atoms with Crippen LogP contribution in [0.3, 0.4) is 0 Å². The van der Waals surface area contributed by atoms with E-state index in [1.165, 1.54) is 5.69 Å². The number of rotatable bonds is 10. The molecule has 2 aliphatic rings. The minimum absolute atomic E-state index is 0.566. The second-order valence-corrected chi connectivity index (χ2v) is 11.2. The molecule has 0 spiro atoms. The van der Waals surface area contributed by atoms with Crippen LogP contribution in [0.25, 0.3) is 22.6 Å². The summed E-state index contributed by atoms with van der Waals surface area (Å²) >= 11 is 0. The number of hydrogen-bond acceptors (Lipinski definition) is 6. The zero-order valence-electron chi connectivity index (χ0n) is 25.1. The molecule has 5 aromatic rings. The smallest absolute Gasteiger partial charge is 0.161 e. The first kappa shape index (κ1) is 28.0. The molecule has 0 saturated heterocycles. The fourth-order valence-electron chi connectivity index (χ4n) is 6.01. The number of nitrogens with zero attached hydrogens (tertiary/aromatic N) is 3. The van der Waals surface area contributed by atoms with Gasteiger partial charge in [0, 0.05) is 37.3 Å². The Labute approximate surface area is 258 Å². The Kier molecular flexibility index (Phi) is 8.20. The van der Waals surface area contributed by atoms with E-state index in [4.69, 9.17) is 23.9 Å². The highest BCUT2D eigenvalue weighted by molar-refractivity contribution is 5.68. The molecular formula is C37H37N3O4. The second-order valence-electron chi connectivity index (χ2n) is 11.2. The third-order valence-corrected chi connectivity index (χ3v) is 8.00. The normalized spacial score (nSPS) is 13.7. The summed E-state index contributed by atoms with van der Waals surface area (Å²) in [5.41, 5.74) is 6.79. The van der Waals surface area contributed by atoms with Crippen molar-refractivity contribution < 1.29 is 18.9 Å². The molecule has 0 fully saturated rings. The molecule has 224 valence electrons. The van der Waals surface area contributed by atoms with Crippen LogP contribution >= 0.6 is 0 Å². The number of imidazole rings is 1. The Morgan fingerprint density at radius 2 is 1.14 bits per heavy atom. The molecule has 0 amide bonds. The first-order valence-electron chi connectivity index (χ1n) is 15.4. The van der Waals surface area contributed by atoms with Gasteiger partial charge in [0.25, 0.3) is 0 Å². The first-order chi connectivity index (χ1) is 21.7. The second kappa shape index (κ2) is 12.9. The van der Waals surface area contributed by atoms with Gasteiger partial charge in [0.2, 0.25) is 0 Å². The largest absolute Gasteiger partial charge is 0.486 e. The molecule has 0 N–H and O–H groups in total. The van der Waals surface area contributed by atoms with Gasteiger partial charge in [0.15, 0.2) is 23.0 Å². The number of hydrogen-bond donors (Lipinski definition) is 0. The van der Waals surface area contributed by atoms with Gasteiger partial charge in [-0.05, 0) is 41.8 Å². The third-order valence-electron chi connectivity index (χ3n) is 8.00. The maximum absolute atomic E-state index is 5.94. The number of fused-ring (bicyclic) bond motifs is 2. The first-order valence-corrected chi connectivity index (χ1v) is 15.4. The highest BCUT2D eigenvalue weighted by atomic mass is 16.6. The third kappa shape index (κ3) is 6.01. The van der Waals surface area contributed by atoms with Crippen molar-refractivity contribution in [2.24, 2.45) is 0 Å². The highest BCUT2D eigenvalue weighted by Crippen LogP contribution is 2.35. The minimum atomic E-state index is 0.566. The van der Waals surface area contributed by atoms with Crippen molar-refractivity contribution in [1.82, 2.24) is 14.5 Å². The molecule has 7 rings (SSSR count). The van der Waals surface area contributed by atoms with Crippen molar-refractivity contribution in [3.8, 4) is 45.6 Å². The van der Waals surface area contributed by atoms with Crippen LogP contribution in [0.4, 0.5) is 0 Å². The van der Waals surface area contributed by atoms with Crippen molar-refractivity contribution in [2.45, 2.75) is 39.5 Å². The summed E-state index contributed by atoms with van der Waals surface area (Å²) in [6.07, 6.45) is 1.00. The molecule has 0 bridgehead atoms. The molecule has 7 heteroatoms. The van der Waals surface area contributed by atoms with Crippen LogP contribution in [0.15, 0.2) is 97.1 Å². The minimum Gasteiger partial charge on any atom is -0.486 e. The van der Waals surface area contributed by atoms with Crippen molar-refractivity contribution in [1.29, 1.82) is 0 Å². The van der Waals surface area contributed by atoms with E-state index in [9.17, 15) is 0 Å². The molecule has 3 heterocycles. The van der Waals surface area contributed by atoms with Gasteiger partial charge in [-0.25, -0.2) is 4.98 Å². The molecular weight excluding hydrogens is 550 g/mol. The maximum Gasteiger partial charge on any atom is 0.161 e.